The Hall–Kier alpha value is -2.32. The molecule has 6 nitrogen and oxygen atoms in total. The highest BCUT2D eigenvalue weighted by Crippen LogP contribution is 2.36. The number of hydrogen-bond acceptors (Lipinski definition) is 6. The average molecular weight is 472 g/mol. The van der Waals surface area contributed by atoms with Crippen molar-refractivity contribution in [2.75, 3.05) is 6.61 Å². The minimum absolute atomic E-state index is 0.0653. The van der Waals surface area contributed by atoms with Crippen molar-refractivity contribution in [2.45, 2.75) is 69.8 Å². The van der Waals surface area contributed by atoms with Gasteiger partial charge < -0.3 is 10.1 Å². The zero-order chi connectivity index (χ0) is 23.0. The van der Waals surface area contributed by atoms with Gasteiger partial charge in [-0.1, -0.05) is 11.8 Å². The molecule has 8 heteroatoms. The third-order valence-electron chi connectivity index (χ3n) is 5.26. The van der Waals surface area contributed by atoms with Gasteiger partial charge in [-0.3, -0.25) is 14.2 Å². The van der Waals surface area contributed by atoms with Gasteiger partial charge in [0, 0.05) is 10.4 Å². The molecular formula is C24H29N3O3S2. The molecule has 1 aliphatic rings. The van der Waals surface area contributed by atoms with E-state index < -0.39 is 5.25 Å². The lowest BCUT2D eigenvalue weighted by Gasteiger charge is -2.23. The van der Waals surface area contributed by atoms with Gasteiger partial charge in [0.25, 0.3) is 5.56 Å². The van der Waals surface area contributed by atoms with Gasteiger partial charge in [-0.15, -0.1) is 11.3 Å². The summed E-state index contributed by atoms with van der Waals surface area (Å²) >= 11 is 2.93. The van der Waals surface area contributed by atoms with E-state index in [1.54, 1.807) is 15.9 Å². The van der Waals surface area contributed by atoms with E-state index in [2.05, 4.69) is 5.32 Å². The van der Waals surface area contributed by atoms with Crippen molar-refractivity contribution in [3.63, 3.8) is 0 Å². The lowest BCUT2D eigenvalue weighted by molar-refractivity contribution is -0.121. The van der Waals surface area contributed by atoms with Crippen LogP contribution in [0.2, 0.25) is 0 Å². The second kappa shape index (κ2) is 8.90. The van der Waals surface area contributed by atoms with Crippen LogP contribution in [0.15, 0.2) is 34.2 Å². The molecule has 1 aliphatic carbocycles. The molecule has 3 aromatic rings. The highest BCUT2D eigenvalue weighted by Gasteiger charge is 2.26. The minimum Gasteiger partial charge on any atom is -0.494 e. The number of aryl methyl sites for hydroxylation is 2. The summed E-state index contributed by atoms with van der Waals surface area (Å²) < 4.78 is 7.21. The molecule has 0 radical (unpaired) electrons. The molecule has 4 rings (SSSR count). The molecule has 2 heterocycles. The van der Waals surface area contributed by atoms with Gasteiger partial charge in [-0.25, -0.2) is 4.98 Å². The van der Waals surface area contributed by atoms with E-state index in [9.17, 15) is 9.59 Å². The fourth-order valence-electron chi connectivity index (χ4n) is 3.87. The first-order valence-corrected chi connectivity index (χ1v) is 12.7. The van der Waals surface area contributed by atoms with Crippen molar-refractivity contribution in [2.24, 2.45) is 0 Å². The number of carbonyl (C=O) groups is 1. The summed E-state index contributed by atoms with van der Waals surface area (Å²) in [6, 6.07) is 7.46. The van der Waals surface area contributed by atoms with Crippen LogP contribution in [0.5, 0.6) is 5.75 Å². The minimum atomic E-state index is -0.403. The number of nitrogens with one attached hydrogen (secondary N) is 1. The molecule has 1 N–H and O–H groups in total. The molecular weight excluding hydrogens is 442 g/mol. The maximum Gasteiger partial charge on any atom is 0.267 e. The number of thiophene rings is 1. The van der Waals surface area contributed by atoms with Crippen LogP contribution >= 0.6 is 23.1 Å². The van der Waals surface area contributed by atoms with Crippen molar-refractivity contribution < 1.29 is 9.53 Å². The molecule has 32 heavy (non-hydrogen) atoms. The highest BCUT2D eigenvalue weighted by atomic mass is 32.2. The Morgan fingerprint density at radius 3 is 2.66 bits per heavy atom. The first kappa shape index (κ1) is 22.9. The average Bonchev–Trinajstić information content (AvgIpc) is 3.29. The lowest BCUT2D eigenvalue weighted by atomic mass is 10.1. The van der Waals surface area contributed by atoms with Crippen molar-refractivity contribution in [1.82, 2.24) is 14.9 Å². The molecule has 2 aromatic heterocycles. The predicted octanol–water partition coefficient (Wildman–Crippen LogP) is 4.73. The summed E-state index contributed by atoms with van der Waals surface area (Å²) in [6.07, 6.45) is 3.01. The zero-order valence-electron chi connectivity index (χ0n) is 19.2. The van der Waals surface area contributed by atoms with Gasteiger partial charge in [-0.2, -0.15) is 0 Å². The monoisotopic (exact) mass is 471 g/mol. The number of hydrogen-bond donors (Lipinski definition) is 1. The molecule has 1 unspecified atom stereocenters. The van der Waals surface area contributed by atoms with Gasteiger partial charge in [0.05, 0.1) is 22.9 Å². The fourth-order valence-corrected chi connectivity index (χ4v) is 6.10. The van der Waals surface area contributed by atoms with E-state index in [1.165, 1.54) is 16.6 Å². The molecule has 0 aliphatic heterocycles. The first-order chi connectivity index (χ1) is 15.2. The van der Waals surface area contributed by atoms with Crippen LogP contribution in [0, 0.1) is 0 Å². The number of carbonyl (C=O) groups excluding carboxylic acids is 1. The number of benzene rings is 1. The van der Waals surface area contributed by atoms with Gasteiger partial charge in [0.1, 0.15) is 10.6 Å². The summed E-state index contributed by atoms with van der Waals surface area (Å²) in [5, 5.41) is 3.87. The molecule has 0 saturated carbocycles. The number of fused-ring (bicyclic) bond motifs is 3. The Labute approximate surface area is 196 Å². The molecule has 0 saturated heterocycles. The maximum atomic E-state index is 13.7. The van der Waals surface area contributed by atoms with E-state index in [0.717, 1.165) is 46.5 Å². The summed E-state index contributed by atoms with van der Waals surface area (Å²) in [5.41, 5.74) is 1.48. The molecule has 0 bridgehead atoms. The third kappa shape index (κ3) is 4.57. The maximum absolute atomic E-state index is 13.7. The lowest BCUT2D eigenvalue weighted by Crippen LogP contribution is -2.44. The second-order valence-electron chi connectivity index (χ2n) is 9.00. The Kier molecular flexibility index (Phi) is 6.36. The summed E-state index contributed by atoms with van der Waals surface area (Å²) in [7, 11) is 0. The topological polar surface area (TPSA) is 73.2 Å². The Balaban J connectivity index is 1.81. The Morgan fingerprint density at radius 2 is 2.00 bits per heavy atom. The van der Waals surface area contributed by atoms with Crippen LogP contribution in [0.25, 0.3) is 15.9 Å². The SMILES string of the molecule is CCOc1ccc(-n2c(SC(C)C(=O)NC(C)(C)C)nc3sc4c(c3c2=O)CCC4)cc1. The molecule has 1 amide bonds. The smallest absolute Gasteiger partial charge is 0.267 e. The number of nitrogens with zero attached hydrogens (tertiary/aromatic N) is 2. The molecule has 1 aromatic carbocycles. The summed E-state index contributed by atoms with van der Waals surface area (Å²) in [4.78, 5) is 33.4. The number of ether oxygens (including phenoxy) is 1. The number of amides is 1. The normalized spacial score (nSPS) is 14.4. The quantitative estimate of drug-likeness (QED) is 0.416. The van der Waals surface area contributed by atoms with E-state index in [-0.39, 0.29) is 17.0 Å². The predicted molar refractivity (Wildman–Crippen MR) is 132 cm³/mol. The Morgan fingerprint density at radius 1 is 1.28 bits per heavy atom. The largest absolute Gasteiger partial charge is 0.494 e. The fraction of sp³-hybridized carbons (Fsp3) is 0.458. The Bertz CT molecular complexity index is 1210. The van der Waals surface area contributed by atoms with Crippen LogP contribution < -0.4 is 15.6 Å². The van der Waals surface area contributed by atoms with Gasteiger partial charge in [-0.05, 0) is 83.7 Å². The van der Waals surface area contributed by atoms with E-state index in [0.29, 0.717) is 11.8 Å². The number of rotatable bonds is 6. The second-order valence-corrected chi connectivity index (χ2v) is 11.4. The summed E-state index contributed by atoms with van der Waals surface area (Å²) in [5.74, 6) is 0.672. The van der Waals surface area contributed by atoms with Gasteiger partial charge in [0.15, 0.2) is 5.16 Å². The van der Waals surface area contributed by atoms with Crippen LogP contribution in [0.1, 0.15) is 51.5 Å². The van der Waals surface area contributed by atoms with Crippen LogP contribution in [0.4, 0.5) is 0 Å². The van der Waals surface area contributed by atoms with Crippen LogP contribution in [0.3, 0.4) is 0 Å². The van der Waals surface area contributed by atoms with Gasteiger partial charge >= 0.3 is 0 Å². The van der Waals surface area contributed by atoms with Gasteiger partial charge in [0.2, 0.25) is 5.91 Å². The number of aromatic nitrogens is 2. The van der Waals surface area contributed by atoms with Crippen molar-refractivity contribution >= 4 is 39.2 Å². The molecule has 1 atom stereocenters. The molecule has 170 valence electrons. The number of thioether (sulfide) groups is 1. The van der Waals surface area contributed by atoms with Crippen LogP contribution in [-0.2, 0) is 17.6 Å². The third-order valence-corrected chi connectivity index (χ3v) is 7.50. The van der Waals surface area contributed by atoms with E-state index in [1.807, 2.05) is 58.9 Å². The van der Waals surface area contributed by atoms with Crippen molar-refractivity contribution in [3.8, 4) is 11.4 Å². The van der Waals surface area contributed by atoms with Crippen molar-refractivity contribution in [3.05, 3.63) is 45.1 Å². The zero-order valence-corrected chi connectivity index (χ0v) is 20.8. The standard InChI is InChI=1S/C24H29N3O3S2/c1-6-30-16-12-10-15(11-13-16)27-22(29)19-17-8-7-9-18(17)32-21(19)25-23(27)31-14(2)20(28)26-24(3,4)5/h10-14H,6-9H2,1-5H3,(H,26,28). The molecule has 0 fully saturated rings. The first-order valence-electron chi connectivity index (χ1n) is 11.0. The van der Waals surface area contributed by atoms with E-state index in [4.69, 9.17) is 9.72 Å². The van der Waals surface area contributed by atoms with Crippen molar-refractivity contribution in [1.29, 1.82) is 0 Å². The van der Waals surface area contributed by atoms with E-state index >= 15 is 0 Å². The van der Waals surface area contributed by atoms with Crippen LogP contribution in [-0.4, -0.2) is 32.9 Å². The summed E-state index contributed by atoms with van der Waals surface area (Å²) in [6.45, 7) is 10.2. The highest BCUT2D eigenvalue weighted by molar-refractivity contribution is 8.00. The molecule has 0 spiro atoms.